The normalized spacial score (nSPS) is 13.3. The van der Waals surface area contributed by atoms with Crippen molar-refractivity contribution in [2.75, 3.05) is 0 Å². The van der Waals surface area contributed by atoms with E-state index in [-0.39, 0.29) is 0 Å². The predicted octanol–water partition coefficient (Wildman–Crippen LogP) is 0.590. The average molecular weight is 270 g/mol. The number of hydrogen-bond acceptors (Lipinski definition) is 5. The van der Waals surface area contributed by atoms with Gasteiger partial charge in [-0.25, -0.2) is 0 Å². The highest BCUT2D eigenvalue weighted by atomic mass is 16.2. The van der Waals surface area contributed by atoms with Gasteiger partial charge in [-0.15, -0.1) is 0 Å². The first-order chi connectivity index (χ1) is 9.55. The Morgan fingerprint density at radius 2 is 2.00 bits per heavy atom. The number of nitrogens with zero attached hydrogens (tertiary/aromatic N) is 2. The molecule has 6 heteroatoms. The summed E-state index contributed by atoms with van der Waals surface area (Å²) in [6.45, 7) is 1.54. The Morgan fingerprint density at radius 3 is 2.55 bits per heavy atom. The smallest absolute Gasteiger partial charge is 0.250 e. The van der Waals surface area contributed by atoms with E-state index in [9.17, 15) is 9.59 Å². The largest absolute Gasteiger partial charge is 0.314 e. The molecule has 1 atom stereocenters. The molecular formula is C14H14N4O2. The predicted molar refractivity (Wildman–Crippen MR) is 73.2 cm³/mol. The molecule has 102 valence electrons. The molecule has 0 saturated carbocycles. The second kappa shape index (κ2) is 5.58. The van der Waals surface area contributed by atoms with Gasteiger partial charge in [-0.1, -0.05) is 24.3 Å². The Hall–Kier alpha value is -2.60. The Labute approximate surface area is 116 Å². The SMILES string of the molecule is C[C@](N)(C(=O)NC=O)c1ccc(-c2cnccn2)cc1. The fraction of sp³-hybridized carbons (Fsp3) is 0.143. The van der Waals surface area contributed by atoms with Crippen molar-refractivity contribution < 1.29 is 9.59 Å². The summed E-state index contributed by atoms with van der Waals surface area (Å²) in [6.07, 6.45) is 5.17. The summed E-state index contributed by atoms with van der Waals surface area (Å²) in [4.78, 5) is 30.2. The Bertz CT molecular complexity index is 609. The summed E-state index contributed by atoms with van der Waals surface area (Å²) in [6, 6.07) is 7.07. The first kappa shape index (κ1) is 13.8. The molecule has 20 heavy (non-hydrogen) atoms. The molecule has 1 aromatic heterocycles. The van der Waals surface area contributed by atoms with Crippen molar-refractivity contribution in [3.05, 3.63) is 48.4 Å². The number of nitrogens with two attached hydrogens (primary N) is 1. The van der Waals surface area contributed by atoms with Crippen LogP contribution in [-0.4, -0.2) is 22.3 Å². The van der Waals surface area contributed by atoms with E-state index in [2.05, 4.69) is 15.3 Å². The van der Waals surface area contributed by atoms with Gasteiger partial charge >= 0.3 is 0 Å². The molecule has 6 nitrogen and oxygen atoms in total. The van der Waals surface area contributed by atoms with E-state index in [1.54, 1.807) is 49.8 Å². The van der Waals surface area contributed by atoms with Crippen LogP contribution < -0.4 is 11.1 Å². The van der Waals surface area contributed by atoms with Crippen molar-refractivity contribution in [1.29, 1.82) is 0 Å². The summed E-state index contributed by atoms with van der Waals surface area (Å²) in [5.74, 6) is -0.556. The van der Waals surface area contributed by atoms with Crippen LogP contribution in [0.2, 0.25) is 0 Å². The van der Waals surface area contributed by atoms with Crippen molar-refractivity contribution in [2.45, 2.75) is 12.5 Å². The second-order valence-electron chi connectivity index (χ2n) is 4.46. The van der Waals surface area contributed by atoms with E-state index in [4.69, 9.17) is 5.73 Å². The van der Waals surface area contributed by atoms with Gasteiger partial charge in [-0.05, 0) is 12.5 Å². The van der Waals surface area contributed by atoms with E-state index in [1.807, 2.05) is 0 Å². The lowest BCUT2D eigenvalue weighted by Gasteiger charge is -2.22. The van der Waals surface area contributed by atoms with Crippen LogP contribution in [0.4, 0.5) is 0 Å². The number of hydrogen-bond donors (Lipinski definition) is 2. The minimum absolute atomic E-state index is 0.321. The molecular weight excluding hydrogens is 256 g/mol. The van der Waals surface area contributed by atoms with Crippen molar-refractivity contribution in [3.8, 4) is 11.3 Å². The zero-order chi connectivity index (χ0) is 14.6. The summed E-state index contributed by atoms with van der Waals surface area (Å²) >= 11 is 0. The van der Waals surface area contributed by atoms with Crippen LogP contribution in [0.1, 0.15) is 12.5 Å². The lowest BCUT2D eigenvalue weighted by Crippen LogP contribution is -2.48. The second-order valence-corrected chi connectivity index (χ2v) is 4.46. The molecule has 1 heterocycles. The molecule has 2 amide bonds. The number of nitrogens with one attached hydrogen (secondary N) is 1. The van der Waals surface area contributed by atoms with Gasteiger partial charge in [0.25, 0.3) is 5.91 Å². The highest BCUT2D eigenvalue weighted by molar-refractivity contribution is 5.93. The molecule has 0 saturated heterocycles. The van der Waals surface area contributed by atoms with Gasteiger partial charge in [0.2, 0.25) is 6.41 Å². The van der Waals surface area contributed by atoms with Crippen molar-refractivity contribution in [1.82, 2.24) is 15.3 Å². The molecule has 0 aliphatic carbocycles. The Kier molecular flexibility index (Phi) is 3.86. The molecule has 0 aliphatic heterocycles. The van der Waals surface area contributed by atoms with E-state index in [1.165, 1.54) is 0 Å². The van der Waals surface area contributed by atoms with Crippen LogP contribution >= 0.6 is 0 Å². The van der Waals surface area contributed by atoms with Crippen LogP contribution in [0.25, 0.3) is 11.3 Å². The van der Waals surface area contributed by atoms with Crippen LogP contribution in [-0.2, 0) is 15.1 Å². The number of rotatable bonds is 4. The van der Waals surface area contributed by atoms with Gasteiger partial charge in [-0.2, -0.15) is 0 Å². The molecule has 0 bridgehead atoms. The maximum Gasteiger partial charge on any atom is 0.250 e. The zero-order valence-corrected chi connectivity index (χ0v) is 10.9. The highest BCUT2D eigenvalue weighted by Gasteiger charge is 2.30. The summed E-state index contributed by atoms with van der Waals surface area (Å²) in [5, 5.41) is 2.06. The minimum atomic E-state index is -1.28. The molecule has 3 N–H and O–H groups in total. The van der Waals surface area contributed by atoms with Crippen molar-refractivity contribution >= 4 is 12.3 Å². The molecule has 0 unspecified atom stereocenters. The molecule has 0 aliphatic rings. The number of imide groups is 1. The van der Waals surface area contributed by atoms with E-state index < -0.39 is 11.4 Å². The number of amides is 2. The lowest BCUT2D eigenvalue weighted by atomic mass is 9.91. The fourth-order valence-corrected chi connectivity index (χ4v) is 1.77. The third-order valence-corrected chi connectivity index (χ3v) is 3.01. The molecule has 1 aromatic carbocycles. The van der Waals surface area contributed by atoms with E-state index in [0.29, 0.717) is 12.0 Å². The van der Waals surface area contributed by atoms with Crippen LogP contribution in [0.5, 0.6) is 0 Å². The first-order valence-electron chi connectivity index (χ1n) is 5.96. The van der Waals surface area contributed by atoms with Gasteiger partial charge in [0.1, 0.15) is 5.54 Å². The van der Waals surface area contributed by atoms with Crippen molar-refractivity contribution in [2.24, 2.45) is 5.73 Å². The third kappa shape index (κ3) is 2.70. The summed E-state index contributed by atoms with van der Waals surface area (Å²) in [7, 11) is 0. The molecule has 0 spiro atoms. The topological polar surface area (TPSA) is 98.0 Å². The van der Waals surface area contributed by atoms with Crippen molar-refractivity contribution in [3.63, 3.8) is 0 Å². The number of carbonyl (C=O) groups excluding carboxylic acids is 2. The van der Waals surface area contributed by atoms with Gasteiger partial charge in [-0.3, -0.25) is 24.9 Å². The minimum Gasteiger partial charge on any atom is -0.314 e. The highest BCUT2D eigenvalue weighted by Crippen LogP contribution is 2.22. The van der Waals surface area contributed by atoms with Crippen LogP contribution in [0.3, 0.4) is 0 Å². The Morgan fingerprint density at radius 1 is 1.30 bits per heavy atom. The molecule has 2 rings (SSSR count). The monoisotopic (exact) mass is 270 g/mol. The quantitative estimate of drug-likeness (QED) is 0.792. The molecule has 2 aromatic rings. The number of carbonyl (C=O) groups is 2. The Balaban J connectivity index is 2.28. The maximum absolute atomic E-state index is 11.7. The van der Waals surface area contributed by atoms with Crippen LogP contribution in [0.15, 0.2) is 42.9 Å². The van der Waals surface area contributed by atoms with Crippen LogP contribution in [0, 0.1) is 0 Å². The van der Waals surface area contributed by atoms with Gasteiger partial charge in [0, 0.05) is 18.0 Å². The van der Waals surface area contributed by atoms with Gasteiger partial charge in [0.05, 0.1) is 11.9 Å². The standard InChI is InChI=1S/C14H14N4O2/c1-14(15,13(20)18-9-19)11-4-2-10(3-5-11)12-8-16-6-7-17-12/h2-9H,15H2,1H3,(H,18,19,20)/t14-/m1/s1. The van der Waals surface area contributed by atoms with E-state index in [0.717, 1.165) is 11.3 Å². The maximum atomic E-state index is 11.7. The molecule has 0 radical (unpaired) electrons. The molecule has 0 fully saturated rings. The average Bonchev–Trinajstić information content (AvgIpc) is 2.48. The number of aromatic nitrogens is 2. The fourth-order valence-electron chi connectivity index (χ4n) is 1.77. The van der Waals surface area contributed by atoms with Gasteiger partial charge < -0.3 is 5.73 Å². The summed E-state index contributed by atoms with van der Waals surface area (Å²) in [5.41, 5.74) is 6.88. The lowest BCUT2D eigenvalue weighted by molar-refractivity contribution is -0.129. The third-order valence-electron chi connectivity index (χ3n) is 3.01. The first-order valence-corrected chi connectivity index (χ1v) is 5.96. The van der Waals surface area contributed by atoms with Gasteiger partial charge in [0.15, 0.2) is 0 Å². The number of benzene rings is 1. The zero-order valence-electron chi connectivity index (χ0n) is 10.9. The summed E-state index contributed by atoms with van der Waals surface area (Å²) < 4.78 is 0. The van der Waals surface area contributed by atoms with E-state index >= 15 is 0 Å².